The van der Waals surface area contributed by atoms with Crippen molar-refractivity contribution in [1.29, 1.82) is 0 Å². The maximum atomic E-state index is 11.6. The van der Waals surface area contributed by atoms with E-state index < -0.39 is 33.2 Å². The maximum Gasteiger partial charge on any atom is 0.335 e. The molecule has 9 heteroatoms. The first-order valence-electron chi connectivity index (χ1n) is 4.81. The number of aliphatic carboxylic acids is 1. The standard InChI is InChI=1S/C9H8N2O6S/c12-7(13)3-5-18(14,15)9-11-10-8(17-9)6-2-1-4-16-6/h1-2,4H,3,5H2,(H,12,13). The molecule has 2 aromatic rings. The predicted molar refractivity (Wildman–Crippen MR) is 56.3 cm³/mol. The van der Waals surface area contributed by atoms with Crippen molar-refractivity contribution in [3.05, 3.63) is 18.4 Å². The molecule has 0 saturated carbocycles. The van der Waals surface area contributed by atoms with Crippen LogP contribution in [-0.2, 0) is 14.6 Å². The van der Waals surface area contributed by atoms with Crippen LogP contribution >= 0.6 is 0 Å². The summed E-state index contributed by atoms with van der Waals surface area (Å²) >= 11 is 0. The molecule has 0 spiro atoms. The van der Waals surface area contributed by atoms with Crippen molar-refractivity contribution in [2.45, 2.75) is 11.6 Å². The first kappa shape index (κ1) is 12.3. The van der Waals surface area contributed by atoms with Gasteiger partial charge in [-0.2, -0.15) is 0 Å². The Kier molecular flexibility index (Phi) is 3.15. The Morgan fingerprint density at radius 2 is 2.17 bits per heavy atom. The van der Waals surface area contributed by atoms with Gasteiger partial charge in [0.15, 0.2) is 5.76 Å². The SMILES string of the molecule is O=C(O)CCS(=O)(=O)c1nnc(-c2ccco2)o1. The highest BCUT2D eigenvalue weighted by atomic mass is 32.2. The molecule has 0 aliphatic heterocycles. The predicted octanol–water partition coefficient (Wildman–Crippen LogP) is 0.578. The summed E-state index contributed by atoms with van der Waals surface area (Å²) in [6.07, 6.45) is 0.846. The summed E-state index contributed by atoms with van der Waals surface area (Å²) in [5, 5.41) is 14.7. The summed E-state index contributed by atoms with van der Waals surface area (Å²) in [5.74, 6) is -1.65. The molecule has 0 aliphatic rings. The highest BCUT2D eigenvalue weighted by Gasteiger charge is 2.24. The molecule has 0 bridgehead atoms. The monoisotopic (exact) mass is 272 g/mol. The molecule has 0 atom stereocenters. The topological polar surface area (TPSA) is 124 Å². The van der Waals surface area contributed by atoms with E-state index >= 15 is 0 Å². The van der Waals surface area contributed by atoms with Crippen molar-refractivity contribution >= 4 is 15.8 Å². The third-order valence-electron chi connectivity index (χ3n) is 1.99. The zero-order chi connectivity index (χ0) is 13.2. The van der Waals surface area contributed by atoms with Crippen molar-refractivity contribution in [3.63, 3.8) is 0 Å². The number of carbonyl (C=O) groups is 1. The van der Waals surface area contributed by atoms with Crippen LogP contribution in [0.15, 0.2) is 32.5 Å². The number of aromatic nitrogens is 2. The quantitative estimate of drug-likeness (QED) is 0.838. The highest BCUT2D eigenvalue weighted by Crippen LogP contribution is 2.20. The van der Waals surface area contributed by atoms with Gasteiger partial charge < -0.3 is 13.9 Å². The van der Waals surface area contributed by atoms with Crippen LogP contribution in [0.5, 0.6) is 0 Å². The van der Waals surface area contributed by atoms with Crippen molar-refractivity contribution in [1.82, 2.24) is 10.2 Å². The molecule has 18 heavy (non-hydrogen) atoms. The van der Waals surface area contributed by atoms with Gasteiger partial charge in [-0.15, -0.1) is 5.10 Å². The first-order chi connectivity index (χ1) is 8.49. The summed E-state index contributed by atoms with van der Waals surface area (Å²) in [4.78, 5) is 10.3. The molecule has 8 nitrogen and oxygen atoms in total. The normalized spacial score (nSPS) is 11.6. The van der Waals surface area contributed by atoms with Crippen LogP contribution < -0.4 is 0 Å². The third kappa shape index (κ3) is 2.56. The third-order valence-corrected chi connectivity index (χ3v) is 3.43. The number of carboxylic acid groups (broad SMARTS) is 1. The zero-order valence-corrected chi connectivity index (χ0v) is 9.75. The lowest BCUT2D eigenvalue weighted by atomic mass is 10.5. The van der Waals surface area contributed by atoms with Crippen molar-refractivity contribution in [2.75, 3.05) is 5.75 Å². The van der Waals surface area contributed by atoms with E-state index in [9.17, 15) is 13.2 Å². The van der Waals surface area contributed by atoms with E-state index in [1.54, 1.807) is 6.07 Å². The minimum absolute atomic E-state index is 0.0751. The Balaban J connectivity index is 2.22. The maximum absolute atomic E-state index is 11.6. The van der Waals surface area contributed by atoms with Gasteiger partial charge in [0, 0.05) is 0 Å². The molecular weight excluding hydrogens is 264 g/mol. The molecular formula is C9H8N2O6S. The van der Waals surface area contributed by atoms with Crippen LogP contribution in [0.2, 0.25) is 0 Å². The van der Waals surface area contributed by atoms with Gasteiger partial charge in [0.1, 0.15) is 0 Å². The van der Waals surface area contributed by atoms with E-state index in [0.717, 1.165) is 0 Å². The lowest BCUT2D eigenvalue weighted by Gasteiger charge is -1.95. The Bertz CT molecular complexity index is 642. The molecule has 96 valence electrons. The molecule has 2 rings (SSSR count). The van der Waals surface area contributed by atoms with Crippen LogP contribution in [0.4, 0.5) is 0 Å². The Labute approximate surface area is 101 Å². The first-order valence-corrected chi connectivity index (χ1v) is 6.46. The fourth-order valence-electron chi connectivity index (χ4n) is 1.14. The van der Waals surface area contributed by atoms with Gasteiger partial charge >= 0.3 is 11.2 Å². The molecule has 0 fully saturated rings. The van der Waals surface area contributed by atoms with E-state index in [2.05, 4.69) is 10.2 Å². The smallest absolute Gasteiger partial charge is 0.335 e. The number of nitrogens with zero attached hydrogens (tertiary/aromatic N) is 2. The minimum atomic E-state index is -3.89. The largest absolute Gasteiger partial charge is 0.481 e. The molecule has 0 saturated heterocycles. The average molecular weight is 272 g/mol. The molecule has 0 amide bonds. The van der Waals surface area contributed by atoms with Gasteiger partial charge in [-0.05, 0) is 12.1 Å². The van der Waals surface area contributed by atoms with Gasteiger partial charge in [0.2, 0.25) is 9.84 Å². The van der Waals surface area contributed by atoms with E-state index in [4.69, 9.17) is 13.9 Å². The summed E-state index contributed by atoms with van der Waals surface area (Å²) < 4.78 is 33.1. The lowest BCUT2D eigenvalue weighted by Crippen LogP contribution is -2.11. The highest BCUT2D eigenvalue weighted by molar-refractivity contribution is 7.91. The molecule has 0 aromatic carbocycles. The fraction of sp³-hybridized carbons (Fsp3) is 0.222. The van der Waals surface area contributed by atoms with E-state index in [-0.39, 0.29) is 11.7 Å². The van der Waals surface area contributed by atoms with E-state index in [0.29, 0.717) is 0 Å². The second kappa shape index (κ2) is 4.61. The number of hydrogen-bond donors (Lipinski definition) is 1. The zero-order valence-electron chi connectivity index (χ0n) is 8.94. The molecule has 0 radical (unpaired) electrons. The average Bonchev–Trinajstić information content (AvgIpc) is 2.96. The molecule has 2 aromatic heterocycles. The molecule has 0 unspecified atom stereocenters. The molecule has 1 N–H and O–H groups in total. The van der Waals surface area contributed by atoms with E-state index in [1.165, 1.54) is 12.3 Å². The Hall–Kier alpha value is -2.16. The van der Waals surface area contributed by atoms with Crippen LogP contribution in [-0.4, -0.2) is 35.4 Å². The Morgan fingerprint density at radius 3 is 2.78 bits per heavy atom. The molecule has 0 aliphatic carbocycles. The van der Waals surface area contributed by atoms with E-state index in [1.807, 2.05) is 0 Å². The summed E-state index contributed by atoms with van der Waals surface area (Å²) in [6.45, 7) is 0. The fourth-order valence-corrected chi connectivity index (χ4v) is 2.13. The summed E-state index contributed by atoms with van der Waals surface area (Å²) in [5.41, 5.74) is 0. The van der Waals surface area contributed by atoms with Crippen molar-refractivity contribution in [2.24, 2.45) is 0 Å². The van der Waals surface area contributed by atoms with Gasteiger partial charge in [0.25, 0.3) is 5.89 Å². The van der Waals surface area contributed by atoms with Crippen LogP contribution in [0.25, 0.3) is 11.7 Å². The number of hydrogen-bond acceptors (Lipinski definition) is 7. The Morgan fingerprint density at radius 1 is 1.39 bits per heavy atom. The second-order valence-corrected chi connectivity index (χ2v) is 5.30. The van der Waals surface area contributed by atoms with Gasteiger partial charge in [-0.1, -0.05) is 5.10 Å². The van der Waals surface area contributed by atoms with Crippen LogP contribution in [0, 0.1) is 0 Å². The van der Waals surface area contributed by atoms with Crippen molar-refractivity contribution < 1.29 is 27.2 Å². The number of furan rings is 1. The van der Waals surface area contributed by atoms with Gasteiger partial charge in [-0.3, -0.25) is 4.79 Å². The summed E-state index contributed by atoms with van der Waals surface area (Å²) in [6, 6.07) is 3.11. The number of rotatable bonds is 5. The van der Waals surface area contributed by atoms with Crippen molar-refractivity contribution in [3.8, 4) is 11.7 Å². The van der Waals surface area contributed by atoms with Gasteiger partial charge in [-0.25, -0.2) is 8.42 Å². The second-order valence-electron chi connectivity index (χ2n) is 3.31. The summed E-state index contributed by atoms with van der Waals surface area (Å²) in [7, 11) is -3.89. The van der Waals surface area contributed by atoms with Gasteiger partial charge in [0.05, 0.1) is 18.4 Å². The number of carboxylic acids is 1. The minimum Gasteiger partial charge on any atom is -0.481 e. The number of sulfone groups is 1. The van der Waals surface area contributed by atoms with Crippen LogP contribution in [0.3, 0.4) is 0 Å². The lowest BCUT2D eigenvalue weighted by molar-refractivity contribution is -0.136. The van der Waals surface area contributed by atoms with Crippen LogP contribution in [0.1, 0.15) is 6.42 Å². The molecule has 2 heterocycles.